The average molecular weight is 284 g/mol. The Morgan fingerprint density at radius 3 is 2.75 bits per heavy atom. The van der Waals surface area contributed by atoms with Crippen LogP contribution in [0.3, 0.4) is 0 Å². The number of aliphatic hydroxyl groups is 1. The summed E-state index contributed by atoms with van der Waals surface area (Å²) in [4.78, 5) is 36.8. The van der Waals surface area contributed by atoms with Gasteiger partial charge in [0.15, 0.2) is 6.04 Å². The van der Waals surface area contributed by atoms with E-state index < -0.39 is 24.5 Å². The van der Waals surface area contributed by atoms with Gasteiger partial charge in [-0.25, -0.2) is 4.79 Å². The second kappa shape index (κ2) is 6.21. The SMILES string of the molecule is COC(=O)C(CO)NC(=O)C1CC(=O)N(CC2CC2)C1. The van der Waals surface area contributed by atoms with E-state index in [9.17, 15) is 14.4 Å². The van der Waals surface area contributed by atoms with Gasteiger partial charge in [0.1, 0.15) is 0 Å². The number of aliphatic hydroxyl groups excluding tert-OH is 1. The molecular weight excluding hydrogens is 264 g/mol. The van der Waals surface area contributed by atoms with Crippen LogP contribution in [-0.2, 0) is 19.1 Å². The van der Waals surface area contributed by atoms with Gasteiger partial charge in [-0.1, -0.05) is 0 Å². The maximum Gasteiger partial charge on any atom is 0.330 e. The van der Waals surface area contributed by atoms with Crippen LogP contribution in [0.4, 0.5) is 0 Å². The molecular formula is C13H20N2O5. The van der Waals surface area contributed by atoms with Gasteiger partial charge in [0.25, 0.3) is 0 Å². The zero-order valence-electron chi connectivity index (χ0n) is 11.5. The van der Waals surface area contributed by atoms with Gasteiger partial charge in [-0.2, -0.15) is 0 Å². The van der Waals surface area contributed by atoms with Gasteiger partial charge in [0, 0.05) is 19.5 Å². The number of carbonyl (C=O) groups excluding carboxylic acids is 3. The lowest BCUT2D eigenvalue weighted by Gasteiger charge is -2.18. The van der Waals surface area contributed by atoms with Gasteiger partial charge in [0.05, 0.1) is 19.6 Å². The Kier molecular flexibility index (Phi) is 4.59. The molecule has 0 bridgehead atoms. The molecule has 0 aromatic rings. The highest BCUT2D eigenvalue weighted by atomic mass is 16.5. The minimum atomic E-state index is -1.07. The first kappa shape index (κ1) is 14.8. The fraction of sp³-hybridized carbons (Fsp3) is 0.769. The van der Waals surface area contributed by atoms with Crippen LogP contribution in [0.25, 0.3) is 0 Å². The quantitative estimate of drug-likeness (QED) is 0.603. The Labute approximate surface area is 117 Å². The first-order chi connectivity index (χ1) is 9.55. The van der Waals surface area contributed by atoms with Crippen molar-refractivity contribution in [2.75, 3.05) is 26.8 Å². The van der Waals surface area contributed by atoms with Gasteiger partial charge in [-0.15, -0.1) is 0 Å². The Morgan fingerprint density at radius 2 is 2.20 bits per heavy atom. The molecule has 2 aliphatic rings. The molecule has 1 saturated carbocycles. The van der Waals surface area contributed by atoms with Crippen molar-refractivity contribution in [1.82, 2.24) is 10.2 Å². The van der Waals surface area contributed by atoms with Gasteiger partial charge in [0.2, 0.25) is 11.8 Å². The van der Waals surface area contributed by atoms with Crippen molar-refractivity contribution in [2.24, 2.45) is 11.8 Å². The maximum absolute atomic E-state index is 12.0. The molecule has 1 aliphatic carbocycles. The largest absolute Gasteiger partial charge is 0.467 e. The van der Waals surface area contributed by atoms with Gasteiger partial charge in [-0.05, 0) is 18.8 Å². The molecule has 2 atom stereocenters. The molecule has 0 spiro atoms. The third-order valence-electron chi connectivity index (χ3n) is 3.75. The van der Waals surface area contributed by atoms with E-state index in [0.29, 0.717) is 12.5 Å². The number of nitrogens with one attached hydrogen (secondary N) is 1. The van der Waals surface area contributed by atoms with E-state index in [4.69, 9.17) is 5.11 Å². The third kappa shape index (κ3) is 3.47. The molecule has 0 aromatic carbocycles. The number of likely N-dealkylation sites (tertiary alicyclic amines) is 1. The first-order valence-corrected chi connectivity index (χ1v) is 6.82. The van der Waals surface area contributed by atoms with E-state index in [2.05, 4.69) is 10.1 Å². The molecule has 0 aromatic heterocycles. The average Bonchev–Trinajstić information content (AvgIpc) is 3.18. The first-order valence-electron chi connectivity index (χ1n) is 6.82. The second-order valence-electron chi connectivity index (χ2n) is 5.41. The summed E-state index contributed by atoms with van der Waals surface area (Å²) in [6, 6.07) is -1.07. The van der Waals surface area contributed by atoms with Crippen molar-refractivity contribution < 1.29 is 24.2 Å². The van der Waals surface area contributed by atoms with Crippen LogP contribution in [0.5, 0.6) is 0 Å². The van der Waals surface area contributed by atoms with Crippen LogP contribution in [-0.4, -0.2) is 60.6 Å². The molecule has 1 heterocycles. The molecule has 2 fully saturated rings. The van der Waals surface area contributed by atoms with Crippen LogP contribution >= 0.6 is 0 Å². The summed E-state index contributed by atoms with van der Waals surface area (Å²) in [5.74, 6) is -0.974. The van der Waals surface area contributed by atoms with Crippen molar-refractivity contribution in [2.45, 2.75) is 25.3 Å². The molecule has 0 radical (unpaired) electrons. The van der Waals surface area contributed by atoms with Gasteiger partial charge in [-0.3, -0.25) is 9.59 Å². The van der Waals surface area contributed by atoms with Crippen molar-refractivity contribution in [3.63, 3.8) is 0 Å². The highest BCUT2D eigenvalue weighted by molar-refractivity contribution is 5.91. The summed E-state index contributed by atoms with van der Waals surface area (Å²) in [6.45, 7) is 0.592. The number of rotatable bonds is 6. The van der Waals surface area contributed by atoms with E-state index in [1.54, 1.807) is 4.90 Å². The van der Waals surface area contributed by atoms with E-state index in [-0.39, 0.29) is 18.2 Å². The van der Waals surface area contributed by atoms with Gasteiger partial charge < -0.3 is 20.1 Å². The maximum atomic E-state index is 12.0. The third-order valence-corrected chi connectivity index (χ3v) is 3.75. The monoisotopic (exact) mass is 284 g/mol. The van der Waals surface area contributed by atoms with Crippen molar-refractivity contribution in [3.05, 3.63) is 0 Å². The number of hydrogen-bond acceptors (Lipinski definition) is 5. The number of methoxy groups -OCH3 is 1. The lowest BCUT2D eigenvalue weighted by atomic mass is 10.1. The van der Waals surface area contributed by atoms with E-state index in [0.717, 1.165) is 19.4 Å². The van der Waals surface area contributed by atoms with Crippen molar-refractivity contribution >= 4 is 17.8 Å². The Balaban J connectivity index is 1.86. The molecule has 7 nitrogen and oxygen atoms in total. The summed E-state index contributed by atoms with van der Waals surface area (Å²) in [5, 5.41) is 11.5. The molecule has 112 valence electrons. The zero-order valence-corrected chi connectivity index (χ0v) is 11.5. The predicted octanol–water partition coefficient (Wildman–Crippen LogP) is -1.10. The summed E-state index contributed by atoms with van der Waals surface area (Å²) in [7, 11) is 1.19. The Morgan fingerprint density at radius 1 is 1.50 bits per heavy atom. The number of amides is 2. The number of hydrogen-bond donors (Lipinski definition) is 2. The van der Waals surface area contributed by atoms with Crippen LogP contribution in [0, 0.1) is 11.8 Å². The molecule has 2 unspecified atom stereocenters. The van der Waals surface area contributed by atoms with E-state index in [1.165, 1.54) is 7.11 Å². The number of carbonyl (C=O) groups is 3. The smallest absolute Gasteiger partial charge is 0.330 e. The van der Waals surface area contributed by atoms with Crippen molar-refractivity contribution in [3.8, 4) is 0 Å². The summed E-state index contributed by atoms with van der Waals surface area (Å²) >= 11 is 0. The number of esters is 1. The number of nitrogens with zero attached hydrogens (tertiary/aromatic N) is 1. The summed E-state index contributed by atoms with van der Waals surface area (Å²) in [6.07, 6.45) is 2.46. The molecule has 2 rings (SSSR count). The molecule has 2 amide bonds. The molecule has 1 aliphatic heterocycles. The lowest BCUT2D eigenvalue weighted by molar-refractivity contribution is -0.146. The molecule has 2 N–H and O–H groups in total. The van der Waals surface area contributed by atoms with Crippen LogP contribution in [0.1, 0.15) is 19.3 Å². The fourth-order valence-electron chi connectivity index (χ4n) is 2.35. The summed E-state index contributed by atoms with van der Waals surface area (Å²) in [5.41, 5.74) is 0. The molecule has 1 saturated heterocycles. The van der Waals surface area contributed by atoms with E-state index >= 15 is 0 Å². The van der Waals surface area contributed by atoms with Gasteiger partial charge >= 0.3 is 5.97 Å². The van der Waals surface area contributed by atoms with Crippen LogP contribution in [0.2, 0.25) is 0 Å². The topological polar surface area (TPSA) is 95.9 Å². The normalized spacial score (nSPS) is 23.6. The minimum Gasteiger partial charge on any atom is -0.467 e. The highest BCUT2D eigenvalue weighted by Gasteiger charge is 2.38. The van der Waals surface area contributed by atoms with Crippen molar-refractivity contribution in [1.29, 1.82) is 0 Å². The second-order valence-corrected chi connectivity index (χ2v) is 5.41. The lowest BCUT2D eigenvalue weighted by Crippen LogP contribution is -2.46. The Bertz CT molecular complexity index is 408. The summed E-state index contributed by atoms with van der Waals surface area (Å²) < 4.78 is 4.48. The molecule has 7 heteroatoms. The van der Waals surface area contributed by atoms with Crippen LogP contribution < -0.4 is 5.32 Å². The molecule has 20 heavy (non-hydrogen) atoms. The standard InChI is InChI=1S/C13H20N2O5/c1-20-13(19)10(7-16)14-12(18)9-4-11(17)15(6-9)5-8-2-3-8/h8-10,16H,2-7H2,1H3,(H,14,18). The minimum absolute atomic E-state index is 0.0179. The Hall–Kier alpha value is -1.63. The van der Waals surface area contributed by atoms with Crippen LogP contribution in [0.15, 0.2) is 0 Å². The number of ether oxygens (including phenoxy) is 1. The predicted molar refractivity (Wildman–Crippen MR) is 68.4 cm³/mol. The fourth-order valence-corrected chi connectivity index (χ4v) is 2.35. The van der Waals surface area contributed by atoms with E-state index in [1.807, 2.05) is 0 Å². The highest BCUT2D eigenvalue weighted by Crippen LogP contribution is 2.31. The zero-order chi connectivity index (χ0) is 14.7.